The van der Waals surface area contributed by atoms with Gasteiger partial charge in [-0.1, -0.05) is 54.1 Å². The van der Waals surface area contributed by atoms with Crippen LogP contribution in [0.1, 0.15) is 16.7 Å². The molecule has 4 nitrogen and oxygen atoms in total. The molecule has 0 saturated heterocycles. The van der Waals surface area contributed by atoms with E-state index in [1.54, 1.807) is 12.1 Å². The summed E-state index contributed by atoms with van der Waals surface area (Å²) in [6.07, 6.45) is 0.715. The Labute approximate surface area is 164 Å². The number of anilines is 2. The smallest absolute Gasteiger partial charge is 0.269 e. The van der Waals surface area contributed by atoms with Crippen LogP contribution in [0.25, 0.3) is 10.9 Å². The summed E-state index contributed by atoms with van der Waals surface area (Å²) >= 11 is 0. The van der Waals surface area contributed by atoms with E-state index in [0.717, 1.165) is 39.1 Å². The van der Waals surface area contributed by atoms with Gasteiger partial charge in [0.25, 0.3) is 10.0 Å². The fourth-order valence-electron chi connectivity index (χ4n) is 4.11. The highest BCUT2D eigenvalue weighted by Gasteiger charge is 2.36. The van der Waals surface area contributed by atoms with E-state index in [-0.39, 0.29) is 0 Å². The van der Waals surface area contributed by atoms with E-state index in [1.165, 1.54) is 4.31 Å². The van der Waals surface area contributed by atoms with Crippen molar-refractivity contribution in [3.05, 3.63) is 89.5 Å². The van der Waals surface area contributed by atoms with Crippen LogP contribution in [0.3, 0.4) is 0 Å². The first-order valence-electron chi connectivity index (χ1n) is 9.24. The second-order valence-corrected chi connectivity index (χ2v) is 9.05. The predicted octanol–water partition coefficient (Wildman–Crippen LogP) is 4.92. The van der Waals surface area contributed by atoms with Crippen LogP contribution < -0.4 is 4.31 Å². The zero-order valence-electron chi connectivity index (χ0n) is 15.8. The molecule has 2 heterocycles. The Hall–Kier alpha value is -3.05. The van der Waals surface area contributed by atoms with E-state index in [1.807, 2.05) is 73.1 Å². The van der Waals surface area contributed by atoms with Gasteiger partial charge in [0.2, 0.25) is 0 Å². The zero-order valence-corrected chi connectivity index (χ0v) is 16.6. The van der Waals surface area contributed by atoms with Crippen LogP contribution >= 0.6 is 0 Å². The first-order valence-corrected chi connectivity index (χ1v) is 10.7. The number of para-hydroxylation sites is 2. The first-order chi connectivity index (χ1) is 13.5. The third kappa shape index (κ3) is 2.33. The SMILES string of the molecule is Cc1ccc(S(=O)(=O)N2c3ccccc3Cc3c2n(C)c2ccccc32)cc1. The summed E-state index contributed by atoms with van der Waals surface area (Å²) < 4.78 is 31.0. The van der Waals surface area contributed by atoms with E-state index in [2.05, 4.69) is 6.07 Å². The molecule has 1 aromatic heterocycles. The van der Waals surface area contributed by atoms with E-state index in [0.29, 0.717) is 11.3 Å². The molecule has 0 unspecified atom stereocenters. The van der Waals surface area contributed by atoms with Crippen LogP contribution in [0.15, 0.2) is 77.7 Å². The minimum absolute atomic E-state index is 0.297. The van der Waals surface area contributed by atoms with Crippen molar-refractivity contribution in [1.82, 2.24) is 4.57 Å². The number of aryl methyl sites for hydroxylation is 2. The Balaban J connectivity index is 1.84. The second-order valence-electron chi connectivity index (χ2n) is 7.27. The maximum Gasteiger partial charge on any atom is 0.269 e. The lowest BCUT2D eigenvalue weighted by Crippen LogP contribution is -2.31. The molecule has 140 valence electrons. The number of hydrogen-bond donors (Lipinski definition) is 0. The lowest BCUT2D eigenvalue weighted by atomic mass is 9.99. The van der Waals surface area contributed by atoms with Gasteiger partial charge in [0.15, 0.2) is 0 Å². The van der Waals surface area contributed by atoms with Crippen molar-refractivity contribution in [1.29, 1.82) is 0 Å². The normalized spacial score (nSPS) is 13.4. The summed E-state index contributed by atoms with van der Waals surface area (Å²) in [6, 6.07) is 22.9. The number of aromatic nitrogens is 1. The average molecular weight is 388 g/mol. The first kappa shape index (κ1) is 17.1. The van der Waals surface area contributed by atoms with Crippen LogP contribution in [-0.4, -0.2) is 13.0 Å². The molecular weight excluding hydrogens is 368 g/mol. The Kier molecular flexibility index (Phi) is 3.64. The van der Waals surface area contributed by atoms with Gasteiger partial charge in [-0.05, 0) is 36.8 Å². The molecule has 0 bridgehead atoms. The quantitative estimate of drug-likeness (QED) is 0.489. The second kappa shape index (κ2) is 5.97. The van der Waals surface area contributed by atoms with Crippen molar-refractivity contribution >= 4 is 32.4 Å². The molecule has 0 saturated carbocycles. The zero-order chi connectivity index (χ0) is 19.5. The summed E-state index contributed by atoms with van der Waals surface area (Å²) in [5, 5.41) is 1.10. The van der Waals surface area contributed by atoms with Gasteiger partial charge in [-0.2, -0.15) is 0 Å². The number of nitrogens with zero attached hydrogens (tertiary/aromatic N) is 2. The third-order valence-electron chi connectivity index (χ3n) is 5.51. The highest BCUT2D eigenvalue weighted by molar-refractivity contribution is 7.93. The Bertz CT molecular complexity index is 1320. The molecule has 28 heavy (non-hydrogen) atoms. The maximum atomic E-state index is 13.8. The van der Waals surface area contributed by atoms with E-state index in [4.69, 9.17) is 0 Å². The lowest BCUT2D eigenvalue weighted by molar-refractivity contribution is 0.594. The summed E-state index contributed by atoms with van der Waals surface area (Å²) in [7, 11) is -1.83. The number of benzene rings is 3. The van der Waals surface area contributed by atoms with Crippen LogP contribution in [0.5, 0.6) is 0 Å². The van der Waals surface area contributed by atoms with Crippen molar-refractivity contribution < 1.29 is 8.42 Å². The van der Waals surface area contributed by atoms with Crippen molar-refractivity contribution in [2.75, 3.05) is 4.31 Å². The van der Waals surface area contributed by atoms with Gasteiger partial charge in [0, 0.05) is 29.9 Å². The molecule has 1 aliphatic rings. The standard InChI is InChI=1S/C23H20N2O2S/c1-16-11-13-18(14-12-16)28(26,27)25-21-9-5-3-7-17(21)15-20-19-8-4-6-10-22(19)24(2)23(20)25/h3-14H,15H2,1-2H3. The van der Waals surface area contributed by atoms with Crippen molar-refractivity contribution in [3.63, 3.8) is 0 Å². The van der Waals surface area contributed by atoms with Crippen LogP contribution in [0, 0.1) is 6.92 Å². The van der Waals surface area contributed by atoms with Gasteiger partial charge in [0.1, 0.15) is 5.82 Å². The number of sulfonamides is 1. The van der Waals surface area contributed by atoms with Gasteiger partial charge < -0.3 is 4.57 Å². The molecule has 0 fully saturated rings. The Morgan fingerprint density at radius 1 is 0.857 bits per heavy atom. The average Bonchev–Trinajstić information content (AvgIpc) is 2.99. The van der Waals surface area contributed by atoms with E-state index in [9.17, 15) is 8.42 Å². The molecule has 3 aromatic carbocycles. The molecule has 1 aliphatic heterocycles. The van der Waals surface area contributed by atoms with Gasteiger partial charge in [0.05, 0.1) is 10.6 Å². The van der Waals surface area contributed by atoms with Crippen LogP contribution in [-0.2, 0) is 23.5 Å². The Morgan fingerprint density at radius 3 is 2.32 bits per heavy atom. The number of hydrogen-bond acceptors (Lipinski definition) is 2. The molecule has 5 heteroatoms. The molecule has 0 spiro atoms. The molecule has 4 aromatic rings. The van der Waals surface area contributed by atoms with Crippen LogP contribution in [0.4, 0.5) is 11.5 Å². The molecule has 0 atom stereocenters. The fraction of sp³-hybridized carbons (Fsp3) is 0.130. The van der Waals surface area contributed by atoms with E-state index < -0.39 is 10.0 Å². The van der Waals surface area contributed by atoms with Crippen molar-refractivity contribution in [2.24, 2.45) is 7.05 Å². The molecule has 0 aliphatic carbocycles. The minimum Gasteiger partial charge on any atom is -0.329 e. The van der Waals surface area contributed by atoms with Gasteiger partial charge in [-0.3, -0.25) is 0 Å². The summed E-state index contributed by atoms with van der Waals surface area (Å²) in [6.45, 7) is 1.95. The van der Waals surface area contributed by atoms with Crippen molar-refractivity contribution in [3.8, 4) is 0 Å². The van der Waals surface area contributed by atoms with Crippen molar-refractivity contribution in [2.45, 2.75) is 18.2 Å². The van der Waals surface area contributed by atoms with Gasteiger partial charge in [-0.15, -0.1) is 0 Å². The lowest BCUT2D eigenvalue weighted by Gasteiger charge is -2.31. The van der Waals surface area contributed by atoms with Gasteiger partial charge >= 0.3 is 0 Å². The summed E-state index contributed by atoms with van der Waals surface area (Å²) in [4.78, 5) is 0.297. The largest absolute Gasteiger partial charge is 0.329 e. The Morgan fingerprint density at radius 2 is 1.54 bits per heavy atom. The molecule has 0 N–H and O–H groups in total. The molecular formula is C23H20N2O2S. The van der Waals surface area contributed by atoms with E-state index >= 15 is 0 Å². The highest BCUT2D eigenvalue weighted by Crippen LogP contribution is 2.46. The third-order valence-corrected chi connectivity index (χ3v) is 7.23. The number of fused-ring (bicyclic) bond motifs is 4. The minimum atomic E-state index is -3.76. The summed E-state index contributed by atoms with van der Waals surface area (Å²) in [5.41, 5.74) is 4.85. The topological polar surface area (TPSA) is 42.3 Å². The molecule has 0 amide bonds. The maximum absolute atomic E-state index is 13.8. The highest BCUT2D eigenvalue weighted by atomic mass is 32.2. The number of rotatable bonds is 2. The van der Waals surface area contributed by atoms with Crippen LogP contribution in [0.2, 0.25) is 0 Å². The summed E-state index contributed by atoms with van der Waals surface area (Å²) in [5.74, 6) is 0.723. The monoisotopic (exact) mass is 388 g/mol. The molecule has 0 radical (unpaired) electrons. The predicted molar refractivity (Wildman–Crippen MR) is 113 cm³/mol. The molecule has 5 rings (SSSR count). The fourth-order valence-corrected chi connectivity index (χ4v) is 5.70. The van der Waals surface area contributed by atoms with Gasteiger partial charge in [-0.25, -0.2) is 12.7 Å².